The quantitative estimate of drug-likeness (QED) is 0.598. The third kappa shape index (κ3) is 5.63. The van der Waals surface area contributed by atoms with Crippen LogP contribution >= 0.6 is 0 Å². The second-order valence-electron chi connectivity index (χ2n) is 3.93. The van der Waals surface area contributed by atoms with Crippen molar-refractivity contribution in [3.05, 3.63) is 48.6 Å². The normalized spacial score (nSPS) is 10.9. The van der Waals surface area contributed by atoms with Gasteiger partial charge >= 0.3 is 0 Å². The van der Waals surface area contributed by atoms with Crippen molar-refractivity contribution in [2.24, 2.45) is 0 Å². The molecule has 0 aromatic heterocycles. The summed E-state index contributed by atoms with van der Waals surface area (Å²) in [5.41, 5.74) is 0.785. The lowest BCUT2D eigenvalue weighted by atomic mass is 10.2. The summed E-state index contributed by atoms with van der Waals surface area (Å²) in [6, 6.07) is 9.05. The molecule has 0 heterocycles. The average Bonchev–Trinajstić information content (AvgIpc) is 2.35. The Hall–Kier alpha value is -1.62. The first-order valence-corrected chi connectivity index (χ1v) is 7.50. The van der Waals surface area contributed by atoms with Crippen LogP contribution < -0.4 is 5.32 Å². The van der Waals surface area contributed by atoms with Crippen LogP contribution in [0.4, 0.5) is 0 Å². The van der Waals surface area contributed by atoms with E-state index in [1.807, 2.05) is 18.2 Å². The van der Waals surface area contributed by atoms with Crippen LogP contribution in [-0.4, -0.2) is 26.6 Å². The van der Waals surface area contributed by atoms with Crippen LogP contribution in [0.25, 0.3) is 0 Å². The standard InChI is InChI=1S/C13H17NO3S/c1-2-13(15)14-9-6-10-18(16,17)11-12-7-4-3-5-8-12/h2-5,7-8H,1,6,9-11H2,(H,14,15). The van der Waals surface area contributed by atoms with Crippen LogP contribution in [0.5, 0.6) is 0 Å². The maximum Gasteiger partial charge on any atom is 0.243 e. The van der Waals surface area contributed by atoms with Gasteiger partial charge in [0, 0.05) is 6.54 Å². The van der Waals surface area contributed by atoms with E-state index in [9.17, 15) is 13.2 Å². The molecule has 0 aliphatic heterocycles. The van der Waals surface area contributed by atoms with Crippen LogP contribution in [0, 0.1) is 0 Å². The van der Waals surface area contributed by atoms with E-state index in [1.165, 1.54) is 6.08 Å². The molecule has 0 saturated carbocycles. The SMILES string of the molecule is C=CC(=O)NCCCS(=O)(=O)Cc1ccccc1. The van der Waals surface area contributed by atoms with Crippen LogP contribution in [-0.2, 0) is 20.4 Å². The zero-order valence-electron chi connectivity index (χ0n) is 10.1. The lowest BCUT2D eigenvalue weighted by Gasteiger charge is -2.05. The Morgan fingerprint density at radius 2 is 1.94 bits per heavy atom. The fourth-order valence-corrected chi connectivity index (χ4v) is 2.90. The molecule has 0 aliphatic carbocycles. The van der Waals surface area contributed by atoms with Crippen LogP contribution in [0.3, 0.4) is 0 Å². The summed E-state index contributed by atoms with van der Waals surface area (Å²) < 4.78 is 23.6. The van der Waals surface area contributed by atoms with Crippen molar-refractivity contribution in [3.63, 3.8) is 0 Å². The molecule has 0 aliphatic rings. The van der Waals surface area contributed by atoms with Crippen molar-refractivity contribution in [3.8, 4) is 0 Å². The van der Waals surface area contributed by atoms with E-state index in [0.29, 0.717) is 13.0 Å². The van der Waals surface area contributed by atoms with Gasteiger partial charge in [0.1, 0.15) is 0 Å². The van der Waals surface area contributed by atoms with Gasteiger partial charge in [-0.25, -0.2) is 8.42 Å². The molecule has 0 radical (unpaired) electrons. The van der Waals surface area contributed by atoms with Gasteiger partial charge < -0.3 is 5.32 Å². The van der Waals surface area contributed by atoms with Gasteiger partial charge in [-0.05, 0) is 18.1 Å². The Labute approximate surface area is 108 Å². The monoisotopic (exact) mass is 267 g/mol. The Kier molecular flexibility index (Phi) is 5.58. The molecule has 1 N–H and O–H groups in total. The van der Waals surface area contributed by atoms with E-state index in [4.69, 9.17) is 0 Å². The smallest absolute Gasteiger partial charge is 0.243 e. The van der Waals surface area contributed by atoms with E-state index >= 15 is 0 Å². The highest BCUT2D eigenvalue weighted by Gasteiger charge is 2.11. The summed E-state index contributed by atoms with van der Waals surface area (Å²) in [4.78, 5) is 10.8. The number of benzene rings is 1. The molecule has 98 valence electrons. The van der Waals surface area contributed by atoms with Crippen LogP contribution in [0.1, 0.15) is 12.0 Å². The summed E-state index contributed by atoms with van der Waals surface area (Å²) in [6.07, 6.45) is 1.58. The molecule has 5 heteroatoms. The van der Waals surface area contributed by atoms with Gasteiger partial charge in [0.25, 0.3) is 0 Å². The largest absolute Gasteiger partial charge is 0.353 e. The van der Waals surface area contributed by atoms with Gasteiger partial charge in [-0.3, -0.25) is 4.79 Å². The van der Waals surface area contributed by atoms with Crippen molar-refractivity contribution in [2.45, 2.75) is 12.2 Å². The molecule has 1 amide bonds. The third-order valence-electron chi connectivity index (χ3n) is 2.35. The first-order chi connectivity index (χ1) is 8.53. The molecule has 0 spiro atoms. The summed E-state index contributed by atoms with van der Waals surface area (Å²) >= 11 is 0. The van der Waals surface area contributed by atoms with Gasteiger partial charge in [-0.2, -0.15) is 0 Å². The highest BCUT2D eigenvalue weighted by molar-refractivity contribution is 7.90. The lowest BCUT2D eigenvalue weighted by Crippen LogP contribution is -2.24. The Balaban J connectivity index is 2.37. The summed E-state index contributed by atoms with van der Waals surface area (Å²) in [5, 5.41) is 2.55. The zero-order chi connectivity index (χ0) is 13.4. The number of carbonyl (C=O) groups excluding carboxylic acids is 1. The van der Waals surface area contributed by atoms with E-state index in [2.05, 4.69) is 11.9 Å². The third-order valence-corrected chi connectivity index (χ3v) is 4.03. The van der Waals surface area contributed by atoms with Gasteiger partial charge in [0.15, 0.2) is 9.84 Å². The highest BCUT2D eigenvalue weighted by Crippen LogP contribution is 2.06. The number of hydrogen-bond donors (Lipinski definition) is 1. The fourth-order valence-electron chi connectivity index (χ4n) is 1.48. The van der Waals surface area contributed by atoms with Crippen molar-refractivity contribution in [2.75, 3.05) is 12.3 Å². The second kappa shape index (κ2) is 6.96. The average molecular weight is 267 g/mol. The summed E-state index contributed by atoms with van der Waals surface area (Å²) in [7, 11) is -3.12. The number of amides is 1. The lowest BCUT2D eigenvalue weighted by molar-refractivity contribution is -0.116. The van der Waals surface area contributed by atoms with Gasteiger partial charge in [0.2, 0.25) is 5.91 Å². The molecule has 1 aromatic rings. The predicted octanol–water partition coefficient (Wildman–Crippen LogP) is 1.29. The number of carbonyl (C=O) groups is 1. The maximum atomic E-state index is 11.8. The van der Waals surface area contributed by atoms with Crippen molar-refractivity contribution >= 4 is 15.7 Å². The van der Waals surface area contributed by atoms with Crippen molar-refractivity contribution in [1.29, 1.82) is 0 Å². The molecule has 0 unspecified atom stereocenters. The zero-order valence-corrected chi connectivity index (χ0v) is 10.9. The number of rotatable bonds is 7. The molecule has 4 nitrogen and oxygen atoms in total. The van der Waals surface area contributed by atoms with Crippen molar-refractivity contribution in [1.82, 2.24) is 5.32 Å². The molecule has 1 aromatic carbocycles. The molecule has 18 heavy (non-hydrogen) atoms. The molecular weight excluding hydrogens is 250 g/mol. The molecule has 1 rings (SSSR count). The first kappa shape index (κ1) is 14.4. The Morgan fingerprint density at radius 1 is 1.28 bits per heavy atom. The topological polar surface area (TPSA) is 63.2 Å². The first-order valence-electron chi connectivity index (χ1n) is 5.68. The minimum absolute atomic E-state index is 0.0449. The fraction of sp³-hybridized carbons (Fsp3) is 0.308. The second-order valence-corrected chi connectivity index (χ2v) is 6.11. The molecule has 0 atom stereocenters. The number of hydrogen-bond acceptors (Lipinski definition) is 3. The van der Waals surface area contributed by atoms with Gasteiger partial charge in [-0.15, -0.1) is 0 Å². The molecule has 0 bridgehead atoms. The number of nitrogens with one attached hydrogen (secondary N) is 1. The Bertz CT molecular complexity index is 494. The number of sulfone groups is 1. The van der Waals surface area contributed by atoms with Crippen molar-refractivity contribution < 1.29 is 13.2 Å². The highest BCUT2D eigenvalue weighted by atomic mass is 32.2. The van der Waals surface area contributed by atoms with E-state index < -0.39 is 9.84 Å². The van der Waals surface area contributed by atoms with E-state index in [0.717, 1.165) is 5.56 Å². The minimum Gasteiger partial charge on any atom is -0.353 e. The van der Waals surface area contributed by atoms with Crippen LogP contribution in [0.2, 0.25) is 0 Å². The summed E-state index contributed by atoms with van der Waals surface area (Å²) in [6.45, 7) is 3.66. The Morgan fingerprint density at radius 3 is 2.56 bits per heavy atom. The predicted molar refractivity (Wildman–Crippen MR) is 71.8 cm³/mol. The van der Waals surface area contributed by atoms with Gasteiger partial charge in [-0.1, -0.05) is 36.9 Å². The summed E-state index contributed by atoms with van der Waals surface area (Å²) in [5.74, 6) is -0.168. The molecule has 0 fully saturated rings. The molecular formula is C13H17NO3S. The van der Waals surface area contributed by atoms with E-state index in [-0.39, 0.29) is 17.4 Å². The maximum absolute atomic E-state index is 11.8. The molecule has 0 saturated heterocycles. The minimum atomic E-state index is -3.12. The van der Waals surface area contributed by atoms with Gasteiger partial charge in [0.05, 0.1) is 11.5 Å². The van der Waals surface area contributed by atoms with Crippen LogP contribution in [0.15, 0.2) is 43.0 Å². The van der Waals surface area contributed by atoms with E-state index in [1.54, 1.807) is 12.1 Å².